The van der Waals surface area contributed by atoms with Crippen molar-refractivity contribution in [2.45, 2.75) is 38.6 Å². The maximum atomic E-state index is 12.3. The number of fused-ring (bicyclic) bond motifs is 1. The lowest BCUT2D eigenvalue weighted by Crippen LogP contribution is -2.38. The van der Waals surface area contributed by atoms with Gasteiger partial charge in [0.1, 0.15) is 5.52 Å². The summed E-state index contributed by atoms with van der Waals surface area (Å²) >= 11 is 0. The first kappa shape index (κ1) is 17.4. The van der Waals surface area contributed by atoms with E-state index in [4.69, 9.17) is 4.74 Å². The smallest absolute Gasteiger partial charge is 0.311 e. The molecule has 4 rings (SSSR count). The summed E-state index contributed by atoms with van der Waals surface area (Å²) in [6.07, 6.45) is 5.50. The molecule has 2 aromatic heterocycles. The van der Waals surface area contributed by atoms with Gasteiger partial charge in [-0.2, -0.15) is 9.67 Å². The van der Waals surface area contributed by atoms with Crippen molar-refractivity contribution < 1.29 is 9.53 Å². The Morgan fingerprint density at radius 2 is 2.11 bits per heavy atom. The molecule has 2 heterocycles. The SMILES string of the molecule is CCOC(=O)C1CCCCC1Nc1nccc(-n2nnc3ccccc32)n1. The van der Waals surface area contributed by atoms with Crippen LogP contribution in [0.4, 0.5) is 5.95 Å². The van der Waals surface area contributed by atoms with E-state index in [1.165, 1.54) is 0 Å². The lowest BCUT2D eigenvalue weighted by atomic mass is 9.84. The highest BCUT2D eigenvalue weighted by atomic mass is 16.5. The fraction of sp³-hybridized carbons (Fsp3) is 0.421. The van der Waals surface area contributed by atoms with Crippen LogP contribution in [0.2, 0.25) is 0 Å². The van der Waals surface area contributed by atoms with E-state index in [2.05, 4.69) is 25.6 Å². The van der Waals surface area contributed by atoms with Crippen molar-refractivity contribution in [3.05, 3.63) is 36.5 Å². The van der Waals surface area contributed by atoms with Crippen molar-refractivity contribution in [2.75, 3.05) is 11.9 Å². The summed E-state index contributed by atoms with van der Waals surface area (Å²) in [5.74, 6) is 0.796. The Labute approximate surface area is 157 Å². The average molecular weight is 366 g/mol. The summed E-state index contributed by atoms with van der Waals surface area (Å²) in [6, 6.07) is 9.48. The predicted molar refractivity (Wildman–Crippen MR) is 100 cm³/mol. The lowest BCUT2D eigenvalue weighted by Gasteiger charge is -2.30. The Morgan fingerprint density at radius 1 is 1.26 bits per heavy atom. The van der Waals surface area contributed by atoms with E-state index in [9.17, 15) is 4.79 Å². The Hall–Kier alpha value is -3.03. The summed E-state index contributed by atoms with van der Waals surface area (Å²) < 4.78 is 6.92. The molecule has 3 aromatic rings. The number of benzene rings is 1. The number of aromatic nitrogens is 5. The van der Waals surface area contributed by atoms with Gasteiger partial charge >= 0.3 is 5.97 Å². The number of rotatable bonds is 5. The molecule has 0 amide bonds. The first-order valence-corrected chi connectivity index (χ1v) is 9.33. The van der Waals surface area contributed by atoms with Crippen molar-refractivity contribution in [1.82, 2.24) is 25.0 Å². The first-order chi connectivity index (χ1) is 13.3. The molecule has 1 N–H and O–H groups in total. The van der Waals surface area contributed by atoms with E-state index < -0.39 is 0 Å². The highest BCUT2D eigenvalue weighted by molar-refractivity contribution is 5.75. The maximum absolute atomic E-state index is 12.3. The van der Waals surface area contributed by atoms with Crippen molar-refractivity contribution in [3.8, 4) is 5.82 Å². The number of ether oxygens (including phenoxy) is 1. The molecule has 27 heavy (non-hydrogen) atoms. The van der Waals surface area contributed by atoms with Crippen LogP contribution in [-0.2, 0) is 9.53 Å². The van der Waals surface area contributed by atoms with E-state index in [0.29, 0.717) is 18.4 Å². The maximum Gasteiger partial charge on any atom is 0.311 e. The summed E-state index contributed by atoms with van der Waals surface area (Å²) in [5, 5.41) is 11.7. The highest BCUT2D eigenvalue weighted by Gasteiger charge is 2.32. The predicted octanol–water partition coefficient (Wildman–Crippen LogP) is 2.74. The van der Waals surface area contributed by atoms with Crippen molar-refractivity contribution in [3.63, 3.8) is 0 Å². The Kier molecular flexibility index (Phi) is 4.95. The molecule has 8 nitrogen and oxygen atoms in total. The molecule has 0 bridgehead atoms. The average Bonchev–Trinajstić information content (AvgIpc) is 3.13. The summed E-state index contributed by atoms with van der Waals surface area (Å²) in [7, 11) is 0. The molecule has 1 aromatic carbocycles. The third-order valence-corrected chi connectivity index (χ3v) is 4.88. The van der Waals surface area contributed by atoms with E-state index >= 15 is 0 Å². The molecule has 8 heteroatoms. The Balaban J connectivity index is 1.58. The molecular formula is C19H22N6O2. The van der Waals surface area contributed by atoms with E-state index in [-0.39, 0.29) is 17.9 Å². The van der Waals surface area contributed by atoms with Crippen LogP contribution in [0.15, 0.2) is 36.5 Å². The number of esters is 1. The molecule has 140 valence electrons. The zero-order chi connectivity index (χ0) is 18.6. The summed E-state index contributed by atoms with van der Waals surface area (Å²) in [6.45, 7) is 2.23. The molecule has 2 unspecified atom stereocenters. The number of nitrogens with one attached hydrogen (secondary N) is 1. The van der Waals surface area contributed by atoms with Crippen LogP contribution in [0.3, 0.4) is 0 Å². The minimum absolute atomic E-state index is 0.0273. The standard InChI is InChI=1S/C19H22N6O2/c1-2-27-18(26)13-7-3-4-8-14(13)21-19-20-12-11-17(22-19)25-16-10-6-5-9-15(16)23-24-25/h5-6,9-14H,2-4,7-8H2,1H3,(H,20,21,22). The van der Waals surface area contributed by atoms with E-state index in [0.717, 1.165) is 36.7 Å². The van der Waals surface area contributed by atoms with Gasteiger partial charge in [0, 0.05) is 18.3 Å². The second-order valence-electron chi connectivity index (χ2n) is 6.62. The second-order valence-corrected chi connectivity index (χ2v) is 6.62. The number of nitrogens with zero attached hydrogens (tertiary/aromatic N) is 5. The molecule has 0 aliphatic heterocycles. The van der Waals surface area contributed by atoms with Crippen molar-refractivity contribution in [1.29, 1.82) is 0 Å². The topological polar surface area (TPSA) is 94.8 Å². The minimum Gasteiger partial charge on any atom is -0.466 e. The van der Waals surface area contributed by atoms with Crippen molar-refractivity contribution >= 4 is 23.0 Å². The molecule has 1 aliphatic rings. The summed E-state index contributed by atoms with van der Waals surface area (Å²) in [5.41, 5.74) is 1.68. The monoisotopic (exact) mass is 366 g/mol. The molecule has 0 saturated heterocycles. The number of hydrogen-bond acceptors (Lipinski definition) is 7. The lowest BCUT2D eigenvalue weighted by molar-refractivity contribution is -0.149. The zero-order valence-corrected chi connectivity index (χ0v) is 15.2. The van der Waals surface area contributed by atoms with Gasteiger partial charge in [0.25, 0.3) is 0 Å². The van der Waals surface area contributed by atoms with Gasteiger partial charge in [-0.3, -0.25) is 4.79 Å². The van der Waals surface area contributed by atoms with Gasteiger partial charge in [0.05, 0.1) is 18.0 Å². The van der Waals surface area contributed by atoms with Crippen LogP contribution >= 0.6 is 0 Å². The minimum atomic E-state index is -0.168. The molecule has 0 radical (unpaired) electrons. The van der Waals surface area contributed by atoms with Crippen LogP contribution in [0, 0.1) is 5.92 Å². The van der Waals surface area contributed by atoms with Gasteiger partial charge in [0.2, 0.25) is 5.95 Å². The largest absolute Gasteiger partial charge is 0.466 e. The first-order valence-electron chi connectivity index (χ1n) is 9.33. The third-order valence-electron chi connectivity index (χ3n) is 4.88. The Morgan fingerprint density at radius 3 is 3.00 bits per heavy atom. The number of hydrogen-bond donors (Lipinski definition) is 1. The molecule has 1 saturated carbocycles. The number of anilines is 1. The quantitative estimate of drug-likeness (QED) is 0.694. The highest BCUT2D eigenvalue weighted by Crippen LogP contribution is 2.28. The van der Waals surface area contributed by atoms with Crippen LogP contribution in [0.25, 0.3) is 16.9 Å². The molecule has 1 fully saturated rings. The number of carbonyl (C=O) groups excluding carboxylic acids is 1. The Bertz CT molecular complexity index is 941. The third kappa shape index (κ3) is 3.60. The zero-order valence-electron chi connectivity index (χ0n) is 15.2. The van der Waals surface area contributed by atoms with Crippen LogP contribution < -0.4 is 5.32 Å². The molecule has 2 atom stereocenters. The normalized spacial score (nSPS) is 19.7. The number of para-hydroxylation sites is 1. The molecule has 1 aliphatic carbocycles. The fourth-order valence-corrected chi connectivity index (χ4v) is 3.58. The number of carbonyl (C=O) groups is 1. The van der Waals surface area contributed by atoms with Gasteiger partial charge in [-0.1, -0.05) is 30.2 Å². The second kappa shape index (κ2) is 7.69. The van der Waals surface area contributed by atoms with E-state index in [1.807, 2.05) is 31.2 Å². The van der Waals surface area contributed by atoms with Crippen molar-refractivity contribution in [2.24, 2.45) is 5.92 Å². The van der Waals surface area contributed by atoms with E-state index in [1.54, 1.807) is 16.9 Å². The van der Waals surface area contributed by atoms with Crippen LogP contribution in [0.5, 0.6) is 0 Å². The molecule has 0 spiro atoms. The van der Waals surface area contributed by atoms with Gasteiger partial charge < -0.3 is 10.1 Å². The van der Waals surface area contributed by atoms with Gasteiger partial charge in [-0.05, 0) is 31.9 Å². The fourth-order valence-electron chi connectivity index (χ4n) is 3.58. The van der Waals surface area contributed by atoms with Gasteiger partial charge in [0.15, 0.2) is 5.82 Å². The molecular weight excluding hydrogens is 344 g/mol. The summed E-state index contributed by atoms with van der Waals surface area (Å²) in [4.78, 5) is 21.2. The van der Waals surface area contributed by atoms with Gasteiger partial charge in [-0.25, -0.2) is 4.98 Å². The van der Waals surface area contributed by atoms with Crippen LogP contribution in [-0.4, -0.2) is 43.6 Å². The van der Waals surface area contributed by atoms with Gasteiger partial charge in [-0.15, -0.1) is 5.10 Å². The van der Waals surface area contributed by atoms with Crippen LogP contribution in [0.1, 0.15) is 32.6 Å².